The fraction of sp³-hybridized carbons (Fsp3) is 0.133. The van der Waals surface area contributed by atoms with Gasteiger partial charge in [-0.3, -0.25) is 0 Å². The third kappa shape index (κ3) is 2.80. The second kappa shape index (κ2) is 5.24. The van der Waals surface area contributed by atoms with Gasteiger partial charge in [0.2, 0.25) is 0 Å². The lowest BCUT2D eigenvalue weighted by Gasteiger charge is -2.09. The number of hydrogen-bond acceptors (Lipinski definition) is 3. The summed E-state index contributed by atoms with van der Waals surface area (Å²) in [7, 11) is 0. The number of nitrogens with two attached hydrogens (primary N) is 1. The van der Waals surface area contributed by atoms with Crippen LogP contribution >= 0.6 is 0 Å². The molecule has 2 N–H and O–H groups in total. The zero-order valence-electron chi connectivity index (χ0n) is 10.2. The Morgan fingerprint density at radius 2 is 1.89 bits per heavy atom. The van der Waals surface area contributed by atoms with Gasteiger partial charge >= 0.3 is 0 Å². The van der Waals surface area contributed by atoms with Crippen molar-refractivity contribution in [3.05, 3.63) is 59.2 Å². The quantitative estimate of drug-likeness (QED) is 0.836. The number of aryl methyl sites for hydroxylation is 1. The minimum Gasteiger partial charge on any atom is -0.489 e. The maximum Gasteiger partial charge on any atom is 0.119 e. The van der Waals surface area contributed by atoms with E-state index in [1.54, 1.807) is 18.2 Å². The maximum absolute atomic E-state index is 8.79. The largest absolute Gasteiger partial charge is 0.489 e. The van der Waals surface area contributed by atoms with E-state index in [1.807, 2.05) is 31.2 Å². The number of ether oxygens (including phenoxy) is 1. The smallest absolute Gasteiger partial charge is 0.119 e. The van der Waals surface area contributed by atoms with E-state index in [-0.39, 0.29) is 0 Å². The van der Waals surface area contributed by atoms with Gasteiger partial charge in [-0.05, 0) is 54.4 Å². The normalized spacial score (nSPS) is 9.78. The van der Waals surface area contributed by atoms with Crippen LogP contribution in [0.1, 0.15) is 16.7 Å². The summed E-state index contributed by atoms with van der Waals surface area (Å²) in [5.74, 6) is 0.785. The fourth-order valence-electron chi connectivity index (χ4n) is 1.65. The molecule has 0 heterocycles. The van der Waals surface area contributed by atoms with Crippen LogP contribution in [0.25, 0.3) is 0 Å². The Bertz CT molecular complexity index is 582. The highest BCUT2D eigenvalue weighted by molar-refractivity contribution is 5.42. The Balaban J connectivity index is 2.06. The zero-order valence-corrected chi connectivity index (χ0v) is 10.2. The van der Waals surface area contributed by atoms with Gasteiger partial charge in [0.25, 0.3) is 0 Å². The molecule has 0 bridgehead atoms. The first kappa shape index (κ1) is 12.0. The van der Waals surface area contributed by atoms with Crippen molar-refractivity contribution in [1.82, 2.24) is 0 Å². The SMILES string of the molecule is Cc1cc(C#N)ccc1COc1ccc(N)cc1. The van der Waals surface area contributed by atoms with E-state index >= 15 is 0 Å². The van der Waals surface area contributed by atoms with Gasteiger partial charge in [-0.25, -0.2) is 0 Å². The molecule has 0 atom stereocenters. The summed E-state index contributed by atoms with van der Waals surface area (Å²) in [6.07, 6.45) is 0. The van der Waals surface area contributed by atoms with Crippen molar-refractivity contribution >= 4 is 5.69 Å². The number of hydrogen-bond donors (Lipinski definition) is 1. The Kier molecular flexibility index (Phi) is 3.49. The van der Waals surface area contributed by atoms with Crippen molar-refractivity contribution in [1.29, 1.82) is 5.26 Å². The molecule has 90 valence electrons. The van der Waals surface area contributed by atoms with Gasteiger partial charge < -0.3 is 10.5 Å². The average Bonchev–Trinajstić information content (AvgIpc) is 2.39. The second-order valence-corrected chi connectivity index (χ2v) is 4.11. The molecule has 0 amide bonds. The number of nitrogens with zero attached hydrogens (tertiary/aromatic N) is 1. The van der Waals surface area contributed by atoms with Crippen molar-refractivity contribution in [2.75, 3.05) is 5.73 Å². The molecule has 0 saturated heterocycles. The molecule has 18 heavy (non-hydrogen) atoms. The van der Waals surface area contributed by atoms with Crippen LogP contribution in [0.15, 0.2) is 42.5 Å². The summed E-state index contributed by atoms with van der Waals surface area (Å²) < 4.78 is 5.66. The molecule has 3 heteroatoms. The molecule has 0 aliphatic carbocycles. The second-order valence-electron chi connectivity index (χ2n) is 4.11. The van der Waals surface area contributed by atoms with Crippen molar-refractivity contribution in [3.63, 3.8) is 0 Å². The van der Waals surface area contributed by atoms with Crippen LogP contribution in [0.3, 0.4) is 0 Å². The summed E-state index contributed by atoms with van der Waals surface area (Å²) in [6.45, 7) is 2.46. The Hall–Kier alpha value is -2.47. The van der Waals surface area contributed by atoms with Crippen molar-refractivity contribution in [2.24, 2.45) is 0 Å². The van der Waals surface area contributed by atoms with E-state index in [4.69, 9.17) is 15.7 Å². The lowest BCUT2D eigenvalue weighted by atomic mass is 10.1. The van der Waals surface area contributed by atoms with Gasteiger partial charge in [0, 0.05) is 5.69 Å². The van der Waals surface area contributed by atoms with Crippen LogP contribution in [0.4, 0.5) is 5.69 Å². The van der Waals surface area contributed by atoms with E-state index in [9.17, 15) is 0 Å². The molecular weight excluding hydrogens is 224 g/mol. The van der Waals surface area contributed by atoms with Gasteiger partial charge in [-0.2, -0.15) is 5.26 Å². The van der Waals surface area contributed by atoms with Crippen molar-refractivity contribution in [3.8, 4) is 11.8 Å². The molecule has 0 aromatic heterocycles. The third-order valence-corrected chi connectivity index (χ3v) is 2.75. The fourth-order valence-corrected chi connectivity index (χ4v) is 1.65. The molecule has 2 aromatic rings. The highest BCUT2D eigenvalue weighted by Crippen LogP contribution is 2.17. The maximum atomic E-state index is 8.79. The minimum absolute atomic E-state index is 0.488. The summed E-state index contributed by atoms with van der Waals surface area (Å²) in [6, 6.07) is 15.0. The van der Waals surface area contributed by atoms with Crippen LogP contribution in [-0.4, -0.2) is 0 Å². The van der Waals surface area contributed by atoms with Crippen molar-refractivity contribution < 1.29 is 4.74 Å². The van der Waals surface area contributed by atoms with Crippen LogP contribution in [0.5, 0.6) is 5.75 Å². The first-order valence-electron chi connectivity index (χ1n) is 5.67. The average molecular weight is 238 g/mol. The van der Waals surface area contributed by atoms with Gasteiger partial charge in [0.1, 0.15) is 12.4 Å². The predicted molar refractivity (Wildman–Crippen MR) is 71.1 cm³/mol. The van der Waals surface area contributed by atoms with Gasteiger partial charge in [0.05, 0.1) is 11.6 Å². The first-order valence-corrected chi connectivity index (χ1v) is 5.67. The van der Waals surface area contributed by atoms with Gasteiger partial charge in [0.15, 0.2) is 0 Å². The lowest BCUT2D eigenvalue weighted by Crippen LogP contribution is -1.98. The monoisotopic (exact) mass is 238 g/mol. The molecule has 0 saturated carbocycles. The molecule has 2 aromatic carbocycles. The minimum atomic E-state index is 0.488. The molecule has 0 unspecified atom stereocenters. The predicted octanol–water partition coefficient (Wildman–Crippen LogP) is 3.03. The van der Waals surface area contributed by atoms with E-state index in [0.29, 0.717) is 12.2 Å². The topological polar surface area (TPSA) is 59.0 Å². The molecule has 0 fully saturated rings. The number of benzene rings is 2. The van der Waals surface area contributed by atoms with Gasteiger partial charge in [-0.1, -0.05) is 6.07 Å². The summed E-state index contributed by atoms with van der Waals surface area (Å²) in [4.78, 5) is 0. The summed E-state index contributed by atoms with van der Waals surface area (Å²) >= 11 is 0. The number of nitrogen functional groups attached to an aromatic ring is 1. The van der Waals surface area contributed by atoms with Crippen LogP contribution in [-0.2, 0) is 6.61 Å². The summed E-state index contributed by atoms with van der Waals surface area (Å²) in [5.41, 5.74) is 9.13. The third-order valence-electron chi connectivity index (χ3n) is 2.75. The lowest BCUT2D eigenvalue weighted by molar-refractivity contribution is 0.305. The molecule has 2 rings (SSSR count). The molecular formula is C15H14N2O. The molecule has 0 radical (unpaired) electrons. The number of nitriles is 1. The highest BCUT2D eigenvalue weighted by atomic mass is 16.5. The summed E-state index contributed by atoms with van der Waals surface area (Å²) in [5, 5.41) is 8.79. The molecule has 0 aliphatic heterocycles. The van der Waals surface area contributed by atoms with E-state index < -0.39 is 0 Å². The van der Waals surface area contributed by atoms with Crippen molar-refractivity contribution in [2.45, 2.75) is 13.5 Å². The molecule has 3 nitrogen and oxygen atoms in total. The molecule has 0 aliphatic rings. The highest BCUT2D eigenvalue weighted by Gasteiger charge is 2.01. The van der Waals surface area contributed by atoms with E-state index in [0.717, 1.165) is 22.6 Å². The standard InChI is InChI=1S/C15H14N2O/c1-11-8-12(9-16)2-3-13(11)10-18-15-6-4-14(17)5-7-15/h2-8H,10,17H2,1H3. The van der Waals surface area contributed by atoms with E-state index in [2.05, 4.69) is 6.07 Å². The molecule has 0 spiro atoms. The number of anilines is 1. The zero-order chi connectivity index (χ0) is 13.0. The van der Waals surface area contributed by atoms with Crippen LogP contribution < -0.4 is 10.5 Å². The Morgan fingerprint density at radius 3 is 2.50 bits per heavy atom. The van der Waals surface area contributed by atoms with Crippen LogP contribution in [0, 0.1) is 18.3 Å². The van der Waals surface area contributed by atoms with E-state index in [1.165, 1.54) is 0 Å². The Morgan fingerprint density at radius 1 is 1.17 bits per heavy atom. The first-order chi connectivity index (χ1) is 8.69. The van der Waals surface area contributed by atoms with Crippen LogP contribution in [0.2, 0.25) is 0 Å². The van der Waals surface area contributed by atoms with Gasteiger partial charge in [-0.15, -0.1) is 0 Å². The number of rotatable bonds is 3. The Labute approximate surface area is 106 Å².